The molecule has 0 saturated carbocycles. The first kappa shape index (κ1) is 14.9. The van der Waals surface area contributed by atoms with E-state index in [-0.39, 0.29) is 6.10 Å². The molecule has 0 aromatic heterocycles. The molecule has 2 nitrogen and oxygen atoms in total. The monoisotopic (exact) mass is 308 g/mol. The molecule has 2 aromatic rings. The van der Waals surface area contributed by atoms with Gasteiger partial charge >= 0.3 is 0 Å². The largest absolute Gasteiger partial charge is 0.488 e. The second-order valence-corrected chi connectivity index (χ2v) is 5.49. The van der Waals surface area contributed by atoms with Gasteiger partial charge in [-0.15, -0.1) is 0 Å². The van der Waals surface area contributed by atoms with Crippen molar-refractivity contribution in [3.8, 4) is 16.9 Å². The number of rotatable bonds is 4. The van der Waals surface area contributed by atoms with Gasteiger partial charge in [0.05, 0.1) is 16.1 Å². The third-order valence-corrected chi connectivity index (χ3v) is 3.29. The first-order valence-electron chi connectivity index (χ1n) is 6.22. The van der Waals surface area contributed by atoms with E-state index in [2.05, 4.69) is 0 Å². The van der Waals surface area contributed by atoms with Crippen molar-refractivity contribution in [2.24, 2.45) is 0 Å². The molecule has 0 aliphatic heterocycles. The third kappa shape index (κ3) is 3.33. The zero-order valence-corrected chi connectivity index (χ0v) is 12.7. The van der Waals surface area contributed by atoms with Gasteiger partial charge in [0.1, 0.15) is 6.29 Å². The van der Waals surface area contributed by atoms with Crippen molar-refractivity contribution in [2.75, 3.05) is 0 Å². The van der Waals surface area contributed by atoms with E-state index < -0.39 is 0 Å². The number of ether oxygens (including phenoxy) is 1. The number of carbonyl (C=O) groups excluding carboxylic acids is 1. The first-order chi connectivity index (χ1) is 9.51. The Kier molecular flexibility index (Phi) is 4.69. The number of benzene rings is 2. The Hall–Kier alpha value is -1.51. The highest BCUT2D eigenvalue weighted by atomic mass is 35.5. The molecule has 2 rings (SSSR count). The molecule has 2 aromatic carbocycles. The standard InChI is InChI=1S/C16H14Cl2O2/c1-10(2)20-16-14(17)7-13(8-15(16)18)12-5-3-11(9-19)4-6-12/h3-10H,1-2H3. The molecule has 0 fully saturated rings. The van der Waals surface area contributed by atoms with E-state index in [1.807, 2.05) is 26.0 Å². The van der Waals surface area contributed by atoms with Crippen molar-refractivity contribution in [2.45, 2.75) is 20.0 Å². The van der Waals surface area contributed by atoms with Crippen LogP contribution >= 0.6 is 23.2 Å². The maximum atomic E-state index is 10.7. The maximum absolute atomic E-state index is 10.7. The smallest absolute Gasteiger partial charge is 0.156 e. The van der Waals surface area contributed by atoms with Crippen LogP contribution in [0.3, 0.4) is 0 Å². The molecular formula is C16H14Cl2O2. The summed E-state index contributed by atoms with van der Waals surface area (Å²) in [5.41, 5.74) is 2.45. The fourth-order valence-corrected chi connectivity index (χ4v) is 2.41. The quantitative estimate of drug-likeness (QED) is 0.720. The van der Waals surface area contributed by atoms with Gasteiger partial charge in [-0.1, -0.05) is 47.5 Å². The van der Waals surface area contributed by atoms with Crippen LogP contribution in [-0.4, -0.2) is 12.4 Å². The van der Waals surface area contributed by atoms with Crippen LogP contribution in [0.2, 0.25) is 10.0 Å². The minimum Gasteiger partial charge on any atom is -0.488 e. The van der Waals surface area contributed by atoms with Crippen LogP contribution in [0, 0.1) is 0 Å². The van der Waals surface area contributed by atoms with Gasteiger partial charge in [0.2, 0.25) is 0 Å². The molecule has 0 unspecified atom stereocenters. The second-order valence-electron chi connectivity index (χ2n) is 4.68. The van der Waals surface area contributed by atoms with E-state index in [4.69, 9.17) is 27.9 Å². The van der Waals surface area contributed by atoms with Crippen LogP contribution in [0.5, 0.6) is 5.75 Å². The Bertz CT molecular complexity index is 596. The van der Waals surface area contributed by atoms with Crippen LogP contribution in [0.1, 0.15) is 24.2 Å². The lowest BCUT2D eigenvalue weighted by Crippen LogP contribution is -2.06. The van der Waals surface area contributed by atoms with E-state index in [9.17, 15) is 4.79 Å². The molecule has 20 heavy (non-hydrogen) atoms. The summed E-state index contributed by atoms with van der Waals surface area (Å²) in [6.07, 6.45) is 0.811. The predicted octanol–water partition coefficient (Wildman–Crippen LogP) is 5.26. The minimum atomic E-state index is 0.00252. The van der Waals surface area contributed by atoms with E-state index in [0.29, 0.717) is 21.4 Å². The number of aldehydes is 1. The van der Waals surface area contributed by atoms with Crippen molar-refractivity contribution >= 4 is 29.5 Å². The molecular weight excluding hydrogens is 295 g/mol. The highest BCUT2D eigenvalue weighted by molar-refractivity contribution is 6.37. The number of halogens is 2. The topological polar surface area (TPSA) is 26.3 Å². The molecule has 4 heteroatoms. The highest BCUT2D eigenvalue weighted by Gasteiger charge is 2.12. The normalized spacial score (nSPS) is 10.7. The van der Waals surface area contributed by atoms with Crippen molar-refractivity contribution in [1.29, 1.82) is 0 Å². The molecule has 0 amide bonds. The van der Waals surface area contributed by atoms with Crippen molar-refractivity contribution in [3.63, 3.8) is 0 Å². The lowest BCUT2D eigenvalue weighted by molar-refractivity contribution is 0.112. The lowest BCUT2D eigenvalue weighted by Gasteiger charge is -2.14. The van der Waals surface area contributed by atoms with Gasteiger partial charge in [0.15, 0.2) is 5.75 Å². The van der Waals surface area contributed by atoms with Gasteiger partial charge in [-0.25, -0.2) is 0 Å². The zero-order chi connectivity index (χ0) is 14.7. The lowest BCUT2D eigenvalue weighted by atomic mass is 10.0. The minimum absolute atomic E-state index is 0.00252. The average Bonchev–Trinajstić information content (AvgIpc) is 2.42. The zero-order valence-electron chi connectivity index (χ0n) is 11.2. The maximum Gasteiger partial charge on any atom is 0.156 e. The molecule has 104 valence electrons. The predicted molar refractivity (Wildman–Crippen MR) is 83.0 cm³/mol. The second kappa shape index (κ2) is 6.29. The van der Waals surface area contributed by atoms with E-state index >= 15 is 0 Å². The van der Waals surface area contributed by atoms with Crippen LogP contribution in [0.15, 0.2) is 36.4 Å². The van der Waals surface area contributed by atoms with Gasteiger partial charge in [-0.05, 0) is 37.1 Å². The summed E-state index contributed by atoms with van der Waals surface area (Å²) in [4.78, 5) is 10.7. The van der Waals surface area contributed by atoms with E-state index in [0.717, 1.165) is 17.4 Å². The Morgan fingerprint density at radius 2 is 1.55 bits per heavy atom. The molecule has 0 spiro atoms. The number of hydrogen-bond acceptors (Lipinski definition) is 2. The fraction of sp³-hybridized carbons (Fsp3) is 0.188. The van der Waals surface area contributed by atoms with Crippen molar-refractivity contribution in [1.82, 2.24) is 0 Å². The van der Waals surface area contributed by atoms with Gasteiger partial charge < -0.3 is 4.74 Å². The molecule has 0 N–H and O–H groups in total. The van der Waals surface area contributed by atoms with Gasteiger partial charge in [-0.3, -0.25) is 4.79 Å². The molecule has 0 aliphatic rings. The molecule has 0 heterocycles. The first-order valence-corrected chi connectivity index (χ1v) is 6.98. The molecule has 0 bridgehead atoms. The molecule has 0 radical (unpaired) electrons. The third-order valence-electron chi connectivity index (χ3n) is 2.73. The fourth-order valence-electron chi connectivity index (χ4n) is 1.83. The Morgan fingerprint density at radius 3 is 2.00 bits per heavy atom. The Morgan fingerprint density at radius 1 is 1.00 bits per heavy atom. The van der Waals surface area contributed by atoms with Crippen LogP contribution < -0.4 is 4.74 Å². The van der Waals surface area contributed by atoms with Gasteiger partial charge in [0, 0.05) is 5.56 Å². The number of carbonyl (C=O) groups is 1. The van der Waals surface area contributed by atoms with Crippen LogP contribution in [0.25, 0.3) is 11.1 Å². The summed E-state index contributed by atoms with van der Waals surface area (Å²) in [7, 11) is 0. The highest BCUT2D eigenvalue weighted by Crippen LogP contribution is 2.38. The summed E-state index contributed by atoms with van der Waals surface area (Å²) in [6, 6.07) is 10.8. The molecule has 0 aliphatic carbocycles. The van der Waals surface area contributed by atoms with Crippen molar-refractivity contribution in [3.05, 3.63) is 52.0 Å². The van der Waals surface area contributed by atoms with Gasteiger partial charge in [0.25, 0.3) is 0 Å². The SMILES string of the molecule is CC(C)Oc1c(Cl)cc(-c2ccc(C=O)cc2)cc1Cl. The summed E-state index contributed by atoms with van der Waals surface area (Å²) in [5.74, 6) is 0.497. The number of hydrogen-bond donors (Lipinski definition) is 0. The Labute approximate surface area is 128 Å². The van der Waals surface area contributed by atoms with Crippen LogP contribution in [0.4, 0.5) is 0 Å². The summed E-state index contributed by atoms with van der Waals surface area (Å²) < 4.78 is 5.59. The average molecular weight is 309 g/mol. The van der Waals surface area contributed by atoms with Crippen molar-refractivity contribution < 1.29 is 9.53 Å². The molecule has 0 saturated heterocycles. The summed E-state index contributed by atoms with van der Waals surface area (Å²) >= 11 is 12.4. The van der Waals surface area contributed by atoms with E-state index in [1.165, 1.54) is 0 Å². The molecule has 0 atom stereocenters. The summed E-state index contributed by atoms with van der Waals surface area (Å²) in [5, 5.41) is 0.946. The van der Waals surface area contributed by atoms with E-state index in [1.54, 1.807) is 24.3 Å². The van der Waals surface area contributed by atoms with Crippen LogP contribution in [-0.2, 0) is 0 Å². The van der Waals surface area contributed by atoms with Gasteiger partial charge in [-0.2, -0.15) is 0 Å². The summed E-state index contributed by atoms with van der Waals surface area (Å²) in [6.45, 7) is 3.83. The Balaban J connectivity index is 2.40.